The minimum Gasteiger partial charge on any atom is -0.475 e. The molecule has 6 nitrogen and oxygen atoms in total. The van der Waals surface area contributed by atoms with Crippen LogP contribution in [-0.2, 0) is 0 Å². The predicted octanol–water partition coefficient (Wildman–Crippen LogP) is 0.398. The molecule has 82 valence electrons. The summed E-state index contributed by atoms with van der Waals surface area (Å²) in [6.07, 6.45) is 0. The molecule has 0 unspecified atom stereocenters. The van der Waals surface area contributed by atoms with E-state index in [1.165, 1.54) is 18.2 Å². The van der Waals surface area contributed by atoms with Gasteiger partial charge in [-0.1, -0.05) is 12.1 Å². The van der Waals surface area contributed by atoms with E-state index in [0.29, 0.717) is 4.68 Å². The highest BCUT2D eigenvalue weighted by atomic mass is 19.1. The lowest BCUT2D eigenvalue weighted by atomic mass is 10.3. The number of benzene rings is 1. The summed E-state index contributed by atoms with van der Waals surface area (Å²) in [6.45, 7) is 0. The molecule has 0 saturated heterocycles. The number of nitrogens with zero attached hydrogens (tertiary/aromatic N) is 2. The molecule has 0 bridgehead atoms. The SMILES string of the molecule is O=C(O)c1nn(-c2ccccc2F)c(=O)[nH]1. The van der Waals surface area contributed by atoms with Crippen LogP contribution in [0.4, 0.5) is 4.39 Å². The van der Waals surface area contributed by atoms with Crippen molar-refractivity contribution in [3.05, 3.63) is 46.4 Å². The Hall–Kier alpha value is -2.44. The van der Waals surface area contributed by atoms with Crippen LogP contribution < -0.4 is 5.69 Å². The maximum Gasteiger partial charge on any atom is 0.373 e. The number of aromatic nitrogens is 3. The number of aromatic amines is 1. The molecular formula is C9H6FN3O3. The first-order valence-corrected chi connectivity index (χ1v) is 4.27. The highest BCUT2D eigenvalue weighted by Crippen LogP contribution is 2.08. The minimum absolute atomic E-state index is 0.101. The van der Waals surface area contributed by atoms with Gasteiger partial charge in [-0.05, 0) is 12.1 Å². The number of hydrogen-bond donors (Lipinski definition) is 2. The maximum atomic E-state index is 13.3. The fourth-order valence-corrected chi connectivity index (χ4v) is 1.21. The quantitative estimate of drug-likeness (QED) is 0.771. The van der Waals surface area contributed by atoms with Crippen molar-refractivity contribution in [1.82, 2.24) is 14.8 Å². The van der Waals surface area contributed by atoms with Crippen LogP contribution in [-0.4, -0.2) is 25.8 Å². The van der Waals surface area contributed by atoms with E-state index in [2.05, 4.69) is 5.10 Å². The number of carbonyl (C=O) groups is 1. The van der Waals surface area contributed by atoms with Crippen molar-refractivity contribution in [3.8, 4) is 5.69 Å². The van der Waals surface area contributed by atoms with E-state index >= 15 is 0 Å². The van der Waals surface area contributed by atoms with Crippen molar-refractivity contribution in [2.45, 2.75) is 0 Å². The molecule has 0 amide bonds. The average Bonchev–Trinajstić information content (AvgIpc) is 2.61. The summed E-state index contributed by atoms with van der Waals surface area (Å²) in [6, 6.07) is 5.44. The summed E-state index contributed by atoms with van der Waals surface area (Å²) in [4.78, 5) is 23.9. The zero-order valence-electron chi connectivity index (χ0n) is 7.85. The number of para-hydroxylation sites is 1. The van der Waals surface area contributed by atoms with Crippen LogP contribution in [0.1, 0.15) is 10.6 Å². The Kier molecular flexibility index (Phi) is 2.28. The van der Waals surface area contributed by atoms with Crippen molar-refractivity contribution in [3.63, 3.8) is 0 Å². The standard InChI is InChI=1S/C9H6FN3O3/c10-5-3-1-2-4-6(5)13-9(16)11-7(12-13)8(14)15/h1-4H,(H,14,15)(H,11,12,16). The molecule has 2 N–H and O–H groups in total. The molecule has 0 spiro atoms. The summed E-state index contributed by atoms with van der Waals surface area (Å²) in [5, 5.41) is 12.0. The summed E-state index contributed by atoms with van der Waals surface area (Å²) < 4.78 is 14.0. The molecular weight excluding hydrogens is 217 g/mol. The molecule has 0 aliphatic heterocycles. The van der Waals surface area contributed by atoms with Gasteiger partial charge in [0.05, 0.1) is 0 Å². The van der Waals surface area contributed by atoms with Gasteiger partial charge in [-0.3, -0.25) is 4.98 Å². The predicted molar refractivity (Wildman–Crippen MR) is 51.1 cm³/mol. The normalized spacial score (nSPS) is 10.3. The summed E-state index contributed by atoms with van der Waals surface area (Å²) in [7, 11) is 0. The van der Waals surface area contributed by atoms with Crippen LogP contribution in [0.2, 0.25) is 0 Å². The van der Waals surface area contributed by atoms with E-state index in [9.17, 15) is 14.0 Å². The first kappa shape index (κ1) is 10.1. The Morgan fingerprint density at radius 1 is 1.44 bits per heavy atom. The molecule has 0 aliphatic rings. The largest absolute Gasteiger partial charge is 0.475 e. The summed E-state index contributed by atoms with van der Waals surface area (Å²) in [5.41, 5.74) is -0.904. The molecule has 2 aromatic rings. The molecule has 16 heavy (non-hydrogen) atoms. The molecule has 7 heteroatoms. The van der Waals surface area contributed by atoms with Gasteiger partial charge < -0.3 is 5.11 Å². The molecule has 0 saturated carbocycles. The van der Waals surface area contributed by atoms with E-state index < -0.39 is 23.3 Å². The van der Waals surface area contributed by atoms with E-state index in [-0.39, 0.29) is 5.69 Å². The number of aromatic carboxylic acids is 1. The molecule has 1 aromatic carbocycles. The zero-order valence-corrected chi connectivity index (χ0v) is 7.85. The second kappa shape index (κ2) is 3.61. The van der Waals surface area contributed by atoms with Gasteiger partial charge in [-0.15, -0.1) is 5.10 Å². The number of hydrogen-bond acceptors (Lipinski definition) is 3. The fourth-order valence-electron chi connectivity index (χ4n) is 1.21. The maximum absolute atomic E-state index is 13.3. The Bertz CT molecular complexity index is 602. The van der Waals surface area contributed by atoms with E-state index in [0.717, 1.165) is 6.07 Å². The molecule has 0 radical (unpaired) electrons. The van der Waals surface area contributed by atoms with Gasteiger partial charge in [0.25, 0.3) is 0 Å². The molecule has 0 atom stereocenters. The molecule has 2 rings (SSSR count). The number of carboxylic acids is 1. The lowest BCUT2D eigenvalue weighted by Crippen LogP contribution is -2.17. The Labute approximate surface area is 88.0 Å². The lowest BCUT2D eigenvalue weighted by Gasteiger charge is -1.99. The Balaban J connectivity index is 2.61. The third-order valence-corrected chi connectivity index (χ3v) is 1.90. The third-order valence-electron chi connectivity index (χ3n) is 1.90. The highest BCUT2D eigenvalue weighted by molar-refractivity contribution is 5.82. The molecule has 0 aliphatic carbocycles. The van der Waals surface area contributed by atoms with Crippen LogP contribution in [0, 0.1) is 5.82 Å². The molecule has 0 fully saturated rings. The van der Waals surface area contributed by atoms with Crippen LogP contribution in [0.3, 0.4) is 0 Å². The van der Waals surface area contributed by atoms with Gasteiger partial charge in [0.15, 0.2) is 0 Å². The minimum atomic E-state index is -1.38. The summed E-state index contributed by atoms with van der Waals surface area (Å²) in [5.74, 6) is -2.58. The second-order valence-corrected chi connectivity index (χ2v) is 2.95. The lowest BCUT2D eigenvalue weighted by molar-refractivity contribution is 0.0683. The van der Waals surface area contributed by atoms with Crippen LogP contribution in [0.25, 0.3) is 5.69 Å². The molecule has 1 heterocycles. The van der Waals surface area contributed by atoms with Crippen LogP contribution in [0.15, 0.2) is 29.1 Å². The van der Waals surface area contributed by atoms with Crippen molar-refractivity contribution in [2.24, 2.45) is 0 Å². The van der Waals surface area contributed by atoms with E-state index in [4.69, 9.17) is 5.11 Å². The number of rotatable bonds is 2. The summed E-state index contributed by atoms with van der Waals surface area (Å²) >= 11 is 0. The van der Waals surface area contributed by atoms with Crippen molar-refractivity contribution >= 4 is 5.97 Å². The Morgan fingerprint density at radius 2 is 2.12 bits per heavy atom. The number of H-pyrrole nitrogens is 1. The number of carboxylic acid groups (broad SMARTS) is 1. The van der Waals surface area contributed by atoms with E-state index in [1.54, 1.807) is 0 Å². The first-order chi connectivity index (χ1) is 7.59. The monoisotopic (exact) mass is 223 g/mol. The highest BCUT2D eigenvalue weighted by Gasteiger charge is 2.14. The zero-order chi connectivity index (χ0) is 11.7. The van der Waals surface area contributed by atoms with Crippen molar-refractivity contribution < 1.29 is 14.3 Å². The second-order valence-electron chi connectivity index (χ2n) is 2.95. The van der Waals surface area contributed by atoms with Gasteiger partial charge in [0.2, 0.25) is 5.82 Å². The van der Waals surface area contributed by atoms with Crippen molar-refractivity contribution in [2.75, 3.05) is 0 Å². The van der Waals surface area contributed by atoms with Crippen LogP contribution in [0.5, 0.6) is 0 Å². The van der Waals surface area contributed by atoms with Gasteiger partial charge in [-0.2, -0.15) is 4.68 Å². The number of halogens is 1. The smallest absolute Gasteiger partial charge is 0.373 e. The topological polar surface area (TPSA) is 88.0 Å². The molecule has 1 aromatic heterocycles. The first-order valence-electron chi connectivity index (χ1n) is 4.27. The van der Waals surface area contributed by atoms with Gasteiger partial charge in [0.1, 0.15) is 11.5 Å². The van der Waals surface area contributed by atoms with Crippen LogP contribution >= 0.6 is 0 Å². The van der Waals surface area contributed by atoms with Gasteiger partial charge in [-0.25, -0.2) is 14.0 Å². The van der Waals surface area contributed by atoms with Gasteiger partial charge in [0, 0.05) is 0 Å². The van der Waals surface area contributed by atoms with Crippen molar-refractivity contribution in [1.29, 1.82) is 0 Å². The Morgan fingerprint density at radius 3 is 2.69 bits per heavy atom. The fraction of sp³-hybridized carbons (Fsp3) is 0. The van der Waals surface area contributed by atoms with Gasteiger partial charge >= 0.3 is 11.7 Å². The number of nitrogens with one attached hydrogen (secondary N) is 1. The third kappa shape index (κ3) is 1.58. The average molecular weight is 223 g/mol. The van der Waals surface area contributed by atoms with E-state index in [1.807, 2.05) is 4.98 Å².